The van der Waals surface area contributed by atoms with Crippen molar-refractivity contribution < 1.29 is 4.92 Å². The number of nitro benzene ring substituents is 1. The van der Waals surface area contributed by atoms with Crippen LogP contribution in [0.1, 0.15) is 6.42 Å². The second-order valence-electron chi connectivity index (χ2n) is 4.15. The Labute approximate surface area is 98.3 Å². The minimum atomic E-state index is -0.329. The number of hydrogen-bond donors (Lipinski definition) is 0. The average molecular weight is 232 g/mol. The molecule has 2 aliphatic heterocycles. The van der Waals surface area contributed by atoms with E-state index in [4.69, 9.17) is 0 Å². The lowest BCUT2D eigenvalue weighted by molar-refractivity contribution is -0.384. The summed E-state index contributed by atoms with van der Waals surface area (Å²) in [5.74, 6) is 0.820. The van der Waals surface area contributed by atoms with Gasteiger partial charge in [0.05, 0.1) is 10.6 Å². The number of rotatable bonds is 1. The van der Waals surface area contributed by atoms with Gasteiger partial charge in [-0.15, -0.1) is 0 Å². The number of nitro groups is 1. The first kappa shape index (κ1) is 10.1. The fraction of sp³-hybridized carbons (Fsp3) is 0.364. The van der Waals surface area contributed by atoms with E-state index in [0.717, 1.165) is 31.2 Å². The highest BCUT2D eigenvalue weighted by atomic mass is 16.6. The molecule has 0 unspecified atom stereocenters. The normalized spacial score (nSPS) is 17.6. The number of benzene rings is 1. The fourth-order valence-corrected chi connectivity index (χ4v) is 2.41. The van der Waals surface area contributed by atoms with Crippen LogP contribution in [0.5, 0.6) is 0 Å². The summed E-state index contributed by atoms with van der Waals surface area (Å²) < 4.78 is 0. The zero-order chi connectivity index (χ0) is 12.0. The predicted molar refractivity (Wildman–Crippen MR) is 65.8 cm³/mol. The molecule has 2 heterocycles. The van der Waals surface area contributed by atoms with Gasteiger partial charge in [-0.1, -0.05) is 6.07 Å². The van der Waals surface area contributed by atoms with Gasteiger partial charge in [0.1, 0.15) is 5.69 Å². The van der Waals surface area contributed by atoms with E-state index in [1.807, 2.05) is 22.9 Å². The van der Waals surface area contributed by atoms with E-state index in [9.17, 15) is 10.1 Å². The lowest BCUT2D eigenvalue weighted by Crippen LogP contribution is -2.40. The predicted octanol–water partition coefficient (Wildman–Crippen LogP) is 1.61. The third-order valence-corrected chi connectivity index (χ3v) is 3.16. The van der Waals surface area contributed by atoms with Crippen molar-refractivity contribution in [2.75, 3.05) is 29.9 Å². The molecule has 0 N–H and O–H groups in total. The van der Waals surface area contributed by atoms with Crippen molar-refractivity contribution in [2.24, 2.45) is 4.99 Å². The molecule has 3 rings (SSSR count). The number of guanidine groups is 1. The van der Waals surface area contributed by atoms with Crippen LogP contribution in [0.3, 0.4) is 0 Å². The minimum absolute atomic E-state index is 0.154. The summed E-state index contributed by atoms with van der Waals surface area (Å²) in [6.07, 6.45) is 0.933. The molecule has 2 aliphatic rings. The largest absolute Gasteiger partial charge is 0.313 e. The van der Waals surface area contributed by atoms with Gasteiger partial charge in [-0.25, -0.2) is 0 Å². The summed E-state index contributed by atoms with van der Waals surface area (Å²) in [7, 11) is 1.90. The van der Waals surface area contributed by atoms with Gasteiger partial charge in [-0.2, -0.15) is 0 Å². The van der Waals surface area contributed by atoms with E-state index in [2.05, 4.69) is 4.99 Å². The Morgan fingerprint density at radius 2 is 2.29 bits per heavy atom. The highest BCUT2D eigenvalue weighted by molar-refractivity contribution is 6.17. The first-order chi connectivity index (χ1) is 8.20. The van der Waals surface area contributed by atoms with Gasteiger partial charge in [0.2, 0.25) is 5.96 Å². The summed E-state index contributed by atoms with van der Waals surface area (Å²) in [6.45, 7) is 1.58. The molecule has 1 aromatic rings. The molecule has 17 heavy (non-hydrogen) atoms. The smallest absolute Gasteiger partial charge is 0.295 e. The molecule has 0 aromatic heterocycles. The molecular weight excluding hydrogens is 220 g/mol. The van der Waals surface area contributed by atoms with Crippen LogP contribution in [-0.4, -0.2) is 31.0 Å². The summed E-state index contributed by atoms with van der Waals surface area (Å²) >= 11 is 0. The number of nitrogens with zero attached hydrogens (tertiary/aromatic N) is 4. The fourth-order valence-electron chi connectivity index (χ4n) is 2.41. The average Bonchev–Trinajstić information content (AvgIpc) is 2.64. The summed E-state index contributed by atoms with van der Waals surface area (Å²) in [4.78, 5) is 19.0. The maximum atomic E-state index is 11.1. The lowest BCUT2D eigenvalue weighted by Gasteiger charge is -2.24. The van der Waals surface area contributed by atoms with E-state index in [0.29, 0.717) is 5.69 Å². The van der Waals surface area contributed by atoms with Crippen molar-refractivity contribution in [3.63, 3.8) is 0 Å². The summed E-state index contributed by atoms with van der Waals surface area (Å²) in [5.41, 5.74) is 1.69. The van der Waals surface area contributed by atoms with Crippen molar-refractivity contribution in [1.82, 2.24) is 0 Å². The molecule has 0 spiro atoms. The van der Waals surface area contributed by atoms with Crippen molar-refractivity contribution >= 4 is 23.0 Å². The van der Waals surface area contributed by atoms with Gasteiger partial charge in [0.15, 0.2) is 0 Å². The summed E-state index contributed by atoms with van der Waals surface area (Å²) in [6, 6.07) is 5.15. The van der Waals surface area contributed by atoms with E-state index >= 15 is 0 Å². The summed E-state index contributed by atoms with van der Waals surface area (Å²) in [5, 5.41) is 11.1. The molecule has 6 nitrogen and oxygen atoms in total. The second kappa shape index (κ2) is 3.44. The number of aliphatic imine (C=N–C) groups is 1. The van der Waals surface area contributed by atoms with Crippen LogP contribution in [0, 0.1) is 10.1 Å². The molecule has 0 saturated carbocycles. The maximum Gasteiger partial charge on any atom is 0.295 e. The molecular formula is C11H12N4O2. The zero-order valence-electron chi connectivity index (χ0n) is 9.46. The molecule has 0 aliphatic carbocycles. The van der Waals surface area contributed by atoms with E-state index in [-0.39, 0.29) is 10.6 Å². The first-order valence-corrected chi connectivity index (χ1v) is 5.53. The quantitative estimate of drug-likeness (QED) is 0.545. The van der Waals surface area contributed by atoms with Crippen molar-refractivity contribution in [3.8, 4) is 0 Å². The molecule has 0 saturated heterocycles. The molecule has 88 valence electrons. The van der Waals surface area contributed by atoms with E-state index < -0.39 is 0 Å². The molecule has 1 aromatic carbocycles. The van der Waals surface area contributed by atoms with Gasteiger partial charge >= 0.3 is 0 Å². The Morgan fingerprint density at radius 1 is 1.47 bits per heavy atom. The number of anilines is 2. The van der Waals surface area contributed by atoms with Crippen molar-refractivity contribution in [2.45, 2.75) is 6.42 Å². The minimum Gasteiger partial charge on any atom is -0.313 e. The first-order valence-electron chi connectivity index (χ1n) is 5.53. The Kier molecular flexibility index (Phi) is 2.04. The van der Waals surface area contributed by atoms with Gasteiger partial charge in [-0.05, 0) is 12.5 Å². The Hall–Kier alpha value is -2.11. The third-order valence-electron chi connectivity index (χ3n) is 3.16. The van der Waals surface area contributed by atoms with Crippen LogP contribution in [0.25, 0.3) is 0 Å². The van der Waals surface area contributed by atoms with Gasteiger partial charge in [-0.3, -0.25) is 15.1 Å². The lowest BCUT2D eigenvalue weighted by atomic mass is 10.2. The van der Waals surface area contributed by atoms with Crippen molar-refractivity contribution in [1.29, 1.82) is 0 Å². The van der Waals surface area contributed by atoms with Gasteiger partial charge in [0.25, 0.3) is 5.69 Å². The van der Waals surface area contributed by atoms with E-state index in [1.165, 1.54) is 0 Å². The highest BCUT2D eigenvalue weighted by Crippen LogP contribution is 2.43. The van der Waals surface area contributed by atoms with Crippen LogP contribution in [0.4, 0.5) is 17.1 Å². The molecule has 0 amide bonds. The molecule has 0 fully saturated rings. The van der Waals surface area contributed by atoms with Gasteiger partial charge < -0.3 is 9.80 Å². The highest BCUT2D eigenvalue weighted by Gasteiger charge is 2.37. The Bertz CT molecular complexity index is 526. The van der Waals surface area contributed by atoms with Crippen LogP contribution in [0.2, 0.25) is 0 Å². The Balaban J connectivity index is 2.23. The third kappa shape index (κ3) is 1.30. The number of fused-ring (bicyclic) bond motifs is 3. The van der Waals surface area contributed by atoms with Crippen LogP contribution in [-0.2, 0) is 0 Å². The monoisotopic (exact) mass is 232 g/mol. The van der Waals surface area contributed by atoms with Crippen LogP contribution < -0.4 is 9.80 Å². The molecule has 0 bridgehead atoms. The molecule has 0 atom stereocenters. The van der Waals surface area contributed by atoms with Gasteiger partial charge in [0, 0.05) is 26.2 Å². The number of para-hydroxylation sites is 1. The molecule has 0 radical (unpaired) electrons. The second-order valence-corrected chi connectivity index (χ2v) is 4.15. The van der Waals surface area contributed by atoms with Crippen LogP contribution >= 0.6 is 0 Å². The SMILES string of the molecule is CN1C2=NCCCN2c2c1cccc2[N+](=O)[O-]. The number of hydrogen-bond acceptors (Lipinski definition) is 5. The van der Waals surface area contributed by atoms with Crippen LogP contribution in [0.15, 0.2) is 23.2 Å². The maximum absolute atomic E-state index is 11.1. The topological polar surface area (TPSA) is 62.0 Å². The van der Waals surface area contributed by atoms with E-state index in [1.54, 1.807) is 12.1 Å². The standard InChI is InChI=1S/C11H12N4O2/c1-13-8-4-2-5-9(15(16)17)10(8)14-7-3-6-12-11(13)14/h2,4-5H,3,6-7H2,1H3. The zero-order valence-corrected chi connectivity index (χ0v) is 9.46. The Morgan fingerprint density at radius 3 is 3.06 bits per heavy atom. The molecule has 6 heteroatoms. The van der Waals surface area contributed by atoms with Crippen molar-refractivity contribution in [3.05, 3.63) is 28.3 Å².